The predicted molar refractivity (Wildman–Crippen MR) is 124 cm³/mol. The number of hydrogen-bond donors (Lipinski definition) is 2. The van der Waals surface area contributed by atoms with E-state index in [0.717, 1.165) is 12.8 Å². The summed E-state index contributed by atoms with van der Waals surface area (Å²) in [6, 6.07) is 13.7. The van der Waals surface area contributed by atoms with Gasteiger partial charge in [0.2, 0.25) is 10.0 Å². The van der Waals surface area contributed by atoms with Crippen molar-refractivity contribution in [1.29, 1.82) is 0 Å². The third-order valence-corrected chi connectivity index (χ3v) is 6.80. The number of ether oxygens (including phenoxy) is 2. The molecule has 1 heterocycles. The number of carbonyl (C=O) groups excluding carboxylic acids is 1. The Bertz CT molecular complexity index is 1010. The second-order valence-corrected chi connectivity index (χ2v) is 10.8. The van der Waals surface area contributed by atoms with Crippen LogP contribution in [0.2, 0.25) is 0 Å². The fraction of sp³-hybridized carbons (Fsp3) is 0.458. The molecule has 0 saturated carbocycles. The van der Waals surface area contributed by atoms with Crippen LogP contribution in [0, 0.1) is 0 Å². The molecule has 0 aromatic heterocycles. The average molecular weight is 461 g/mol. The van der Waals surface area contributed by atoms with Gasteiger partial charge in [0, 0.05) is 18.8 Å². The molecule has 0 aliphatic carbocycles. The van der Waals surface area contributed by atoms with Gasteiger partial charge in [-0.1, -0.05) is 32.9 Å². The Kier molecular flexibility index (Phi) is 7.59. The predicted octanol–water partition coefficient (Wildman–Crippen LogP) is 3.85. The maximum atomic E-state index is 12.5. The Hall–Kier alpha value is -2.42. The van der Waals surface area contributed by atoms with Crippen LogP contribution in [-0.4, -0.2) is 39.7 Å². The highest BCUT2D eigenvalue weighted by Crippen LogP contribution is 2.25. The van der Waals surface area contributed by atoms with Crippen molar-refractivity contribution < 1.29 is 22.7 Å². The molecule has 2 atom stereocenters. The first-order valence-electron chi connectivity index (χ1n) is 10.8. The molecule has 1 aliphatic rings. The Labute approximate surface area is 190 Å². The van der Waals surface area contributed by atoms with Crippen LogP contribution in [0.4, 0.5) is 5.69 Å². The molecule has 1 saturated heterocycles. The van der Waals surface area contributed by atoms with Crippen LogP contribution in [0.5, 0.6) is 5.75 Å². The summed E-state index contributed by atoms with van der Waals surface area (Å²) in [4.78, 5) is 12.6. The maximum Gasteiger partial charge on any atom is 0.265 e. The van der Waals surface area contributed by atoms with Crippen molar-refractivity contribution in [1.82, 2.24) is 4.72 Å². The summed E-state index contributed by atoms with van der Waals surface area (Å²) in [6.07, 6.45) is 1.01. The molecular formula is C24H32N2O5S. The molecule has 32 heavy (non-hydrogen) atoms. The smallest absolute Gasteiger partial charge is 0.265 e. The van der Waals surface area contributed by atoms with Crippen molar-refractivity contribution in [3.63, 3.8) is 0 Å². The summed E-state index contributed by atoms with van der Waals surface area (Å²) in [5, 5.41) is 2.75. The Morgan fingerprint density at radius 3 is 2.34 bits per heavy atom. The topological polar surface area (TPSA) is 93.7 Å². The van der Waals surface area contributed by atoms with Crippen LogP contribution in [0.3, 0.4) is 0 Å². The Morgan fingerprint density at radius 1 is 1.12 bits per heavy atom. The summed E-state index contributed by atoms with van der Waals surface area (Å²) in [5.41, 5.74) is 1.72. The molecule has 1 fully saturated rings. The van der Waals surface area contributed by atoms with Crippen LogP contribution in [-0.2, 0) is 25.0 Å². The molecule has 8 heteroatoms. The van der Waals surface area contributed by atoms with Gasteiger partial charge in [-0.15, -0.1) is 0 Å². The molecule has 2 unspecified atom stereocenters. The van der Waals surface area contributed by atoms with Crippen molar-refractivity contribution in [2.75, 3.05) is 18.5 Å². The highest BCUT2D eigenvalue weighted by atomic mass is 32.2. The first-order valence-corrected chi connectivity index (χ1v) is 12.3. The van der Waals surface area contributed by atoms with E-state index < -0.39 is 16.1 Å². The Balaban J connectivity index is 1.54. The van der Waals surface area contributed by atoms with Gasteiger partial charge in [-0.3, -0.25) is 4.79 Å². The molecule has 174 valence electrons. The van der Waals surface area contributed by atoms with Gasteiger partial charge in [0.1, 0.15) is 5.75 Å². The number of amides is 1. The van der Waals surface area contributed by atoms with Crippen LogP contribution in [0.25, 0.3) is 0 Å². The number of benzene rings is 2. The first-order chi connectivity index (χ1) is 15.0. The van der Waals surface area contributed by atoms with Gasteiger partial charge in [0.05, 0.1) is 11.0 Å². The molecule has 0 radical (unpaired) electrons. The van der Waals surface area contributed by atoms with Gasteiger partial charge in [-0.05, 0) is 67.1 Å². The summed E-state index contributed by atoms with van der Waals surface area (Å²) < 4.78 is 38.7. The Morgan fingerprint density at radius 2 is 1.78 bits per heavy atom. The SMILES string of the molecule is CC(Oc1ccc(C(C)(C)C)cc1)C(=O)Nc1ccc(S(=O)(=O)NCC2CCCO2)cc1. The summed E-state index contributed by atoms with van der Waals surface area (Å²) in [5.74, 6) is 0.288. The van der Waals surface area contributed by atoms with E-state index in [1.165, 1.54) is 17.7 Å². The van der Waals surface area contributed by atoms with E-state index in [2.05, 4.69) is 30.8 Å². The molecule has 2 aromatic carbocycles. The number of sulfonamides is 1. The summed E-state index contributed by atoms with van der Waals surface area (Å²) in [6.45, 7) is 9.00. The van der Waals surface area contributed by atoms with Gasteiger partial charge in [0.15, 0.2) is 6.10 Å². The standard InChI is InChI=1S/C24H32N2O5S/c1-17(31-20-11-7-18(8-12-20)24(2,3)4)23(27)26-19-9-13-22(14-10-19)32(28,29)25-16-21-6-5-15-30-21/h7-14,17,21,25H,5-6,15-16H2,1-4H3,(H,26,27). The van der Waals surface area contributed by atoms with E-state index >= 15 is 0 Å². The van der Waals surface area contributed by atoms with Gasteiger partial charge in [0.25, 0.3) is 5.91 Å². The van der Waals surface area contributed by atoms with E-state index in [1.54, 1.807) is 19.1 Å². The lowest BCUT2D eigenvalue weighted by Gasteiger charge is -2.20. The molecular weight excluding hydrogens is 428 g/mol. The van der Waals surface area contributed by atoms with Gasteiger partial charge >= 0.3 is 0 Å². The number of rotatable bonds is 8. The zero-order chi connectivity index (χ0) is 23.4. The molecule has 0 bridgehead atoms. The van der Waals surface area contributed by atoms with Crippen molar-refractivity contribution in [2.45, 2.75) is 63.1 Å². The highest BCUT2D eigenvalue weighted by molar-refractivity contribution is 7.89. The van der Waals surface area contributed by atoms with E-state index in [1.807, 2.05) is 24.3 Å². The van der Waals surface area contributed by atoms with Gasteiger partial charge < -0.3 is 14.8 Å². The van der Waals surface area contributed by atoms with Crippen LogP contribution >= 0.6 is 0 Å². The minimum atomic E-state index is -3.63. The van der Waals surface area contributed by atoms with Crippen molar-refractivity contribution >= 4 is 21.6 Å². The zero-order valence-corrected chi connectivity index (χ0v) is 19.9. The molecule has 2 N–H and O–H groups in total. The third kappa shape index (κ3) is 6.54. The largest absolute Gasteiger partial charge is 0.481 e. The minimum absolute atomic E-state index is 0.0426. The number of hydrogen-bond acceptors (Lipinski definition) is 5. The molecule has 0 spiro atoms. The second kappa shape index (κ2) is 10.0. The van der Waals surface area contributed by atoms with E-state index in [-0.39, 0.29) is 28.9 Å². The van der Waals surface area contributed by atoms with Crippen molar-refractivity contribution in [3.05, 3.63) is 54.1 Å². The third-order valence-electron chi connectivity index (χ3n) is 5.36. The quantitative estimate of drug-likeness (QED) is 0.624. The van der Waals surface area contributed by atoms with Gasteiger partial charge in [-0.2, -0.15) is 0 Å². The summed E-state index contributed by atoms with van der Waals surface area (Å²) >= 11 is 0. The molecule has 1 aliphatic heterocycles. The van der Waals surface area contributed by atoms with E-state index in [0.29, 0.717) is 18.0 Å². The number of anilines is 1. The number of nitrogens with one attached hydrogen (secondary N) is 2. The lowest BCUT2D eigenvalue weighted by Crippen LogP contribution is -2.32. The van der Waals surface area contributed by atoms with Crippen molar-refractivity contribution in [2.24, 2.45) is 0 Å². The van der Waals surface area contributed by atoms with Crippen LogP contribution in [0.1, 0.15) is 46.1 Å². The maximum absolute atomic E-state index is 12.5. The minimum Gasteiger partial charge on any atom is -0.481 e. The van der Waals surface area contributed by atoms with Crippen LogP contribution in [0.15, 0.2) is 53.4 Å². The lowest BCUT2D eigenvalue weighted by molar-refractivity contribution is -0.122. The van der Waals surface area contributed by atoms with E-state index in [9.17, 15) is 13.2 Å². The molecule has 7 nitrogen and oxygen atoms in total. The molecule has 1 amide bonds. The zero-order valence-electron chi connectivity index (χ0n) is 19.1. The lowest BCUT2D eigenvalue weighted by atomic mass is 9.87. The van der Waals surface area contributed by atoms with Crippen molar-refractivity contribution in [3.8, 4) is 5.75 Å². The molecule has 3 rings (SSSR count). The summed E-state index contributed by atoms with van der Waals surface area (Å²) in [7, 11) is -3.63. The van der Waals surface area contributed by atoms with Crippen LogP contribution < -0.4 is 14.8 Å². The van der Waals surface area contributed by atoms with E-state index in [4.69, 9.17) is 9.47 Å². The fourth-order valence-electron chi connectivity index (χ4n) is 3.34. The first kappa shape index (κ1) is 24.2. The number of carbonyl (C=O) groups is 1. The molecule has 2 aromatic rings. The fourth-order valence-corrected chi connectivity index (χ4v) is 4.41. The monoisotopic (exact) mass is 460 g/mol. The highest BCUT2D eigenvalue weighted by Gasteiger charge is 2.21. The second-order valence-electron chi connectivity index (χ2n) is 9.04. The normalized spacial score (nSPS) is 17.7. The van der Waals surface area contributed by atoms with Gasteiger partial charge in [-0.25, -0.2) is 13.1 Å². The average Bonchev–Trinajstić information content (AvgIpc) is 3.26.